The lowest BCUT2D eigenvalue weighted by molar-refractivity contribution is 0.166. The van der Waals surface area contributed by atoms with Crippen molar-refractivity contribution in [2.45, 2.75) is 49.5 Å². The second kappa shape index (κ2) is 5.50. The Bertz CT molecular complexity index is 591. The standard InChI is InChI=1S/C15H21NO2S2/c1-15(2,3)12-7-6-11(10-16)13(9-12)20(17,18)14-5-4-8-19-14/h4-5,8,11-13H,6-7,9H2,1-3H3. The lowest BCUT2D eigenvalue weighted by atomic mass is 9.70. The number of hydrogen-bond acceptors (Lipinski definition) is 4. The third-order valence-electron chi connectivity index (χ3n) is 4.36. The summed E-state index contributed by atoms with van der Waals surface area (Å²) in [5, 5.41) is 10.5. The number of nitrogens with zero attached hydrogens (tertiary/aromatic N) is 1. The molecule has 0 bridgehead atoms. The van der Waals surface area contributed by atoms with Crippen molar-refractivity contribution < 1.29 is 8.42 Å². The first-order valence-corrected chi connectivity index (χ1v) is 9.36. The van der Waals surface area contributed by atoms with E-state index in [1.54, 1.807) is 17.5 Å². The van der Waals surface area contributed by atoms with Crippen LogP contribution in [-0.2, 0) is 9.84 Å². The Morgan fingerprint density at radius 2 is 2.05 bits per heavy atom. The van der Waals surface area contributed by atoms with Crippen molar-refractivity contribution in [1.29, 1.82) is 5.26 Å². The molecule has 1 aliphatic carbocycles. The molecule has 1 saturated carbocycles. The summed E-state index contributed by atoms with van der Waals surface area (Å²) in [6, 6.07) is 5.62. The fourth-order valence-corrected chi connectivity index (χ4v) is 6.19. The predicted octanol–water partition coefficient (Wildman–Crippen LogP) is 3.88. The van der Waals surface area contributed by atoms with Gasteiger partial charge in [-0.15, -0.1) is 11.3 Å². The molecule has 2 rings (SSSR count). The first-order chi connectivity index (χ1) is 9.26. The van der Waals surface area contributed by atoms with Gasteiger partial charge in [-0.1, -0.05) is 26.8 Å². The molecule has 0 saturated heterocycles. The van der Waals surface area contributed by atoms with E-state index in [0.29, 0.717) is 23.0 Å². The molecular formula is C15H21NO2S2. The highest BCUT2D eigenvalue weighted by Gasteiger charge is 2.43. The Kier molecular flexibility index (Phi) is 4.27. The average Bonchev–Trinajstić information content (AvgIpc) is 2.91. The molecule has 3 nitrogen and oxygen atoms in total. The van der Waals surface area contributed by atoms with Crippen LogP contribution in [0.25, 0.3) is 0 Å². The summed E-state index contributed by atoms with van der Waals surface area (Å²) in [5.74, 6) is -0.0208. The van der Waals surface area contributed by atoms with Gasteiger partial charge < -0.3 is 0 Å². The average molecular weight is 311 g/mol. The van der Waals surface area contributed by atoms with Crippen LogP contribution < -0.4 is 0 Å². The maximum absolute atomic E-state index is 12.7. The summed E-state index contributed by atoms with van der Waals surface area (Å²) in [7, 11) is -3.38. The SMILES string of the molecule is CC(C)(C)C1CCC(C#N)C(S(=O)(=O)c2cccs2)C1. The van der Waals surface area contributed by atoms with Crippen molar-refractivity contribution in [1.82, 2.24) is 0 Å². The van der Waals surface area contributed by atoms with Crippen molar-refractivity contribution >= 4 is 21.2 Å². The topological polar surface area (TPSA) is 57.9 Å². The molecule has 0 N–H and O–H groups in total. The van der Waals surface area contributed by atoms with E-state index in [0.717, 1.165) is 6.42 Å². The van der Waals surface area contributed by atoms with Crippen molar-refractivity contribution in [3.63, 3.8) is 0 Å². The van der Waals surface area contributed by atoms with Crippen molar-refractivity contribution in [3.8, 4) is 6.07 Å². The Labute approximate surface area is 125 Å². The van der Waals surface area contributed by atoms with Gasteiger partial charge >= 0.3 is 0 Å². The largest absolute Gasteiger partial charge is 0.223 e. The van der Waals surface area contributed by atoms with Crippen molar-refractivity contribution in [2.75, 3.05) is 0 Å². The third-order valence-corrected chi connectivity index (χ3v) is 8.02. The molecule has 1 aliphatic rings. The molecule has 110 valence electrons. The van der Waals surface area contributed by atoms with E-state index < -0.39 is 15.1 Å². The summed E-state index contributed by atoms with van der Waals surface area (Å²) in [5.41, 5.74) is 0.0869. The van der Waals surface area contributed by atoms with E-state index in [1.165, 1.54) is 11.3 Å². The maximum atomic E-state index is 12.7. The number of thiophene rings is 1. The monoisotopic (exact) mass is 311 g/mol. The van der Waals surface area contributed by atoms with Gasteiger partial charge in [0.15, 0.2) is 9.84 Å². The van der Waals surface area contributed by atoms with Crippen molar-refractivity contribution in [2.24, 2.45) is 17.3 Å². The molecular weight excluding hydrogens is 290 g/mol. The van der Waals surface area contributed by atoms with Crippen LogP contribution in [0.3, 0.4) is 0 Å². The minimum atomic E-state index is -3.38. The fourth-order valence-electron chi connectivity index (χ4n) is 2.98. The zero-order valence-electron chi connectivity index (χ0n) is 12.2. The minimum Gasteiger partial charge on any atom is -0.223 e. The summed E-state index contributed by atoms with van der Waals surface area (Å²) < 4.78 is 25.9. The second-order valence-corrected chi connectivity index (χ2v) is 9.97. The molecule has 3 unspecified atom stereocenters. The summed E-state index contributed by atoms with van der Waals surface area (Å²) >= 11 is 1.25. The highest BCUT2D eigenvalue weighted by Crippen LogP contribution is 2.43. The van der Waals surface area contributed by atoms with E-state index in [1.807, 2.05) is 0 Å². The fraction of sp³-hybridized carbons (Fsp3) is 0.667. The first kappa shape index (κ1) is 15.5. The smallest absolute Gasteiger partial charge is 0.191 e. The van der Waals surface area contributed by atoms with E-state index in [2.05, 4.69) is 26.8 Å². The molecule has 1 heterocycles. The number of nitriles is 1. The van der Waals surface area contributed by atoms with E-state index in [9.17, 15) is 13.7 Å². The van der Waals surface area contributed by atoms with Crippen LogP contribution in [0.15, 0.2) is 21.7 Å². The van der Waals surface area contributed by atoms with E-state index in [4.69, 9.17) is 0 Å². The predicted molar refractivity (Wildman–Crippen MR) is 81.2 cm³/mol. The van der Waals surface area contributed by atoms with E-state index in [-0.39, 0.29) is 11.3 Å². The Hall–Kier alpha value is -0.860. The molecule has 1 aromatic rings. The number of rotatable bonds is 2. The quantitative estimate of drug-likeness (QED) is 0.833. The minimum absolute atomic E-state index is 0.0869. The molecule has 20 heavy (non-hydrogen) atoms. The van der Waals surface area contributed by atoms with Crippen molar-refractivity contribution in [3.05, 3.63) is 17.5 Å². The van der Waals surface area contributed by atoms with Crippen LogP contribution in [-0.4, -0.2) is 13.7 Å². The Morgan fingerprint density at radius 3 is 2.55 bits per heavy atom. The molecule has 5 heteroatoms. The van der Waals surface area contributed by atoms with Gasteiger partial charge in [-0.05, 0) is 42.0 Å². The third kappa shape index (κ3) is 2.91. The first-order valence-electron chi connectivity index (χ1n) is 6.94. The second-order valence-electron chi connectivity index (χ2n) is 6.63. The van der Waals surface area contributed by atoms with Gasteiger partial charge in [0.2, 0.25) is 0 Å². The lowest BCUT2D eigenvalue weighted by Gasteiger charge is -2.39. The van der Waals surface area contributed by atoms with Crippen LogP contribution in [0.2, 0.25) is 0 Å². The van der Waals surface area contributed by atoms with Crippen LogP contribution in [0.5, 0.6) is 0 Å². The zero-order chi connectivity index (χ0) is 15.0. The maximum Gasteiger partial charge on any atom is 0.191 e. The van der Waals surface area contributed by atoms with Gasteiger partial charge in [-0.25, -0.2) is 8.42 Å². The lowest BCUT2D eigenvalue weighted by Crippen LogP contribution is -2.39. The van der Waals surface area contributed by atoms with E-state index >= 15 is 0 Å². The zero-order valence-corrected chi connectivity index (χ0v) is 13.8. The Balaban J connectivity index is 2.34. The molecule has 1 aromatic heterocycles. The molecule has 0 spiro atoms. The molecule has 0 amide bonds. The molecule has 0 radical (unpaired) electrons. The van der Waals surface area contributed by atoms with Gasteiger partial charge in [0.25, 0.3) is 0 Å². The van der Waals surface area contributed by atoms with Crippen LogP contribution >= 0.6 is 11.3 Å². The summed E-state index contributed by atoms with van der Waals surface area (Å²) in [6.07, 6.45) is 2.23. The van der Waals surface area contributed by atoms with Gasteiger partial charge in [-0.3, -0.25) is 0 Å². The number of sulfone groups is 1. The molecule has 3 atom stereocenters. The molecule has 0 aromatic carbocycles. The van der Waals surface area contributed by atoms with Gasteiger partial charge in [0, 0.05) is 0 Å². The van der Waals surface area contributed by atoms with Gasteiger partial charge in [0.05, 0.1) is 17.2 Å². The highest BCUT2D eigenvalue weighted by molar-refractivity contribution is 7.94. The van der Waals surface area contributed by atoms with Gasteiger partial charge in [-0.2, -0.15) is 5.26 Å². The molecule has 1 fully saturated rings. The van der Waals surface area contributed by atoms with Gasteiger partial charge in [0.1, 0.15) is 4.21 Å². The summed E-state index contributed by atoms with van der Waals surface area (Å²) in [6.45, 7) is 6.46. The van der Waals surface area contributed by atoms with Crippen LogP contribution in [0.4, 0.5) is 0 Å². The number of hydrogen-bond donors (Lipinski definition) is 0. The highest BCUT2D eigenvalue weighted by atomic mass is 32.2. The summed E-state index contributed by atoms with van der Waals surface area (Å²) in [4.78, 5) is 0. The van der Waals surface area contributed by atoms with Crippen LogP contribution in [0, 0.1) is 28.6 Å². The molecule has 0 aliphatic heterocycles. The van der Waals surface area contributed by atoms with Crippen LogP contribution in [0.1, 0.15) is 40.0 Å². The normalized spacial score (nSPS) is 28.0. The Morgan fingerprint density at radius 1 is 1.35 bits per heavy atom.